The molecule has 4 aromatic rings. The predicted molar refractivity (Wildman–Crippen MR) is 114 cm³/mol. The smallest absolute Gasteiger partial charge is 0.0963 e. The maximum absolute atomic E-state index is 9.49. The molecule has 0 unspecified atom stereocenters. The molecule has 4 N–H and O–H groups in total. The average Bonchev–Trinajstić information content (AvgIpc) is 2.66. The fourth-order valence-electron chi connectivity index (χ4n) is 3.42. The molecule has 1 heterocycles. The molecule has 0 spiro atoms. The Morgan fingerprint density at radius 3 is 2.56 bits per heavy atom. The number of benzene rings is 3. The van der Waals surface area contributed by atoms with E-state index in [-0.39, 0.29) is 6.61 Å². The van der Waals surface area contributed by atoms with E-state index in [1.165, 1.54) is 0 Å². The molecular formula is C22H22N4O. The Labute approximate surface area is 158 Å². The summed E-state index contributed by atoms with van der Waals surface area (Å²) in [7, 11) is 4.04. The first-order valence-corrected chi connectivity index (χ1v) is 8.83. The number of hydrogen-bond donors (Lipinski definition) is 3. The molecule has 136 valence electrons. The summed E-state index contributed by atoms with van der Waals surface area (Å²) < 4.78 is 0. The lowest BCUT2D eigenvalue weighted by molar-refractivity contribution is 0.282. The normalized spacial score (nSPS) is 11.1. The number of aliphatic hydroxyl groups excluding tert-OH is 1. The number of rotatable bonds is 4. The maximum atomic E-state index is 9.49. The number of fused-ring (bicyclic) bond motifs is 2. The molecule has 0 atom stereocenters. The van der Waals surface area contributed by atoms with Gasteiger partial charge in [-0.05, 0) is 35.9 Å². The van der Waals surface area contributed by atoms with Crippen LogP contribution in [0.2, 0.25) is 0 Å². The Balaban J connectivity index is 2.00. The van der Waals surface area contributed by atoms with Crippen LogP contribution in [0, 0.1) is 0 Å². The first kappa shape index (κ1) is 17.1. The number of nitrogens with one attached hydrogen (secondary N) is 1. The van der Waals surface area contributed by atoms with Gasteiger partial charge < -0.3 is 21.1 Å². The molecule has 0 bridgehead atoms. The zero-order chi connectivity index (χ0) is 19.0. The van der Waals surface area contributed by atoms with Gasteiger partial charge in [-0.15, -0.1) is 0 Å². The minimum atomic E-state index is -0.0532. The molecule has 0 saturated heterocycles. The molecule has 0 radical (unpaired) electrons. The lowest BCUT2D eigenvalue weighted by Crippen LogP contribution is -2.10. The quantitative estimate of drug-likeness (QED) is 0.375. The van der Waals surface area contributed by atoms with Gasteiger partial charge in [-0.3, -0.25) is 0 Å². The van der Waals surface area contributed by atoms with E-state index < -0.39 is 0 Å². The highest BCUT2D eigenvalue weighted by atomic mass is 16.3. The monoisotopic (exact) mass is 358 g/mol. The van der Waals surface area contributed by atoms with Crippen molar-refractivity contribution >= 4 is 44.6 Å². The predicted octanol–water partition coefficient (Wildman–Crippen LogP) is 4.27. The summed E-state index contributed by atoms with van der Waals surface area (Å²) in [5, 5.41) is 15.1. The standard InChI is InChI=1S/C22H22N4O/c1-26(2)20-9-5-7-18-21(17-6-3-4-8-19(17)25-22(18)20)24-16-11-14(13-27)10-15(23)12-16/h3-12,27H,13,23H2,1-2H3,(H,24,25). The molecule has 3 aromatic carbocycles. The van der Waals surface area contributed by atoms with Crippen molar-refractivity contribution in [1.29, 1.82) is 0 Å². The summed E-state index contributed by atoms with van der Waals surface area (Å²) in [6.45, 7) is -0.0532. The average molecular weight is 358 g/mol. The van der Waals surface area contributed by atoms with Crippen LogP contribution in [0.5, 0.6) is 0 Å². The highest BCUT2D eigenvalue weighted by molar-refractivity contribution is 6.11. The van der Waals surface area contributed by atoms with Gasteiger partial charge in [0.1, 0.15) is 0 Å². The number of nitrogens with zero attached hydrogens (tertiary/aromatic N) is 2. The van der Waals surface area contributed by atoms with E-state index in [1.807, 2.05) is 50.5 Å². The molecule has 1 aromatic heterocycles. The van der Waals surface area contributed by atoms with Crippen LogP contribution >= 0.6 is 0 Å². The van der Waals surface area contributed by atoms with E-state index >= 15 is 0 Å². The van der Waals surface area contributed by atoms with Crippen molar-refractivity contribution < 1.29 is 5.11 Å². The van der Waals surface area contributed by atoms with Crippen LogP contribution in [0.15, 0.2) is 60.7 Å². The number of nitrogens with two attached hydrogens (primary N) is 1. The zero-order valence-electron chi connectivity index (χ0n) is 15.4. The molecular weight excluding hydrogens is 336 g/mol. The van der Waals surface area contributed by atoms with Crippen LogP contribution in [0.25, 0.3) is 21.8 Å². The minimum Gasteiger partial charge on any atom is -0.399 e. The van der Waals surface area contributed by atoms with Gasteiger partial charge in [0.2, 0.25) is 0 Å². The Morgan fingerprint density at radius 1 is 1.00 bits per heavy atom. The summed E-state index contributed by atoms with van der Waals surface area (Å²) in [6, 6.07) is 19.8. The van der Waals surface area contributed by atoms with Crippen LogP contribution < -0.4 is 16.0 Å². The fourth-order valence-corrected chi connectivity index (χ4v) is 3.42. The van der Waals surface area contributed by atoms with Crippen molar-refractivity contribution in [3.63, 3.8) is 0 Å². The number of para-hydroxylation sites is 2. The third kappa shape index (κ3) is 3.13. The Hall–Kier alpha value is -3.31. The number of nitrogen functional groups attached to an aromatic ring is 1. The molecule has 0 amide bonds. The second-order valence-corrected chi connectivity index (χ2v) is 6.82. The van der Waals surface area contributed by atoms with Gasteiger partial charge in [-0.2, -0.15) is 0 Å². The van der Waals surface area contributed by atoms with Gasteiger partial charge in [0, 0.05) is 36.2 Å². The van der Waals surface area contributed by atoms with Gasteiger partial charge in [-0.1, -0.05) is 30.3 Å². The van der Waals surface area contributed by atoms with Gasteiger partial charge in [0.05, 0.1) is 29.0 Å². The third-order valence-electron chi connectivity index (χ3n) is 4.64. The molecule has 4 rings (SSSR count). The van der Waals surface area contributed by atoms with Gasteiger partial charge in [0.25, 0.3) is 0 Å². The van der Waals surface area contributed by atoms with Crippen molar-refractivity contribution in [3.8, 4) is 0 Å². The second-order valence-electron chi connectivity index (χ2n) is 6.82. The van der Waals surface area contributed by atoms with Crippen LogP contribution in [-0.2, 0) is 6.61 Å². The van der Waals surface area contributed by atoms with E-state index in [2.05, 4.69) is 28.4 Å². The minimum absolute atomic E-state index is 0.0532. The fraction of sp³-hybridized carbons (Fsp3) is 0.136. The van der Waals surface area contributed by atoms with E-state index in [1.54, 1.807) is 6.07 Å². The first-order valence-electron chi connectivity index (χ1n) is 8.83. The number of hydrogen-bond acceptors (Lipinski definition) is 5. The molecule has 0 aliphatic heterocycles. The number of anilines is 4. The molecule has 0 fully saturated rings. The van der Waals surface area contributed by atoms with E-state index in [0.717, 1.165) is 44.4 Å². The van der Waals surface area contributed by atoms with Gasteiger partial charge >= 0.3 is 0 Å². The number of pyridine rings is 1. The van der Waals surface area contributed by atoms with Crippen molar-refractivity contribution in [3.05, 3.63) is 66.2 Å². The van der Waals surface area contributed by atoms with Gasteiger partial charge in [-0.25, -0.2) is 4.98 Å². The second kappa shape index (κ2) is 6.78. The maximum Gasteiger partial charge on any atom is 0.0963 e. The largest absolute Gasteiger partial charge is 0.399 e. The highest BCUT2D eigenvalue weighted by Crippen LogP contribution is 2.36. The highest BCUT2D eigenvalue weighted by Gasteiger charge is 2.13. The number of aromatic nitrogens is 1. The van der Waals surface area contributed by atoms with E-state index in [0.29, 0.717) is 5.69 Å². The Bertz CT molecular complexity index is 1140. The Morgan fingerprint density at radius 2 is 1.78 bits per heavy atom. The van der Waals surface area contributed by atoms with E-state index in [9.17, 15) is 5.11 Å². The SMILES string of the molecule is CN(C)c1cccc2c(Nc3cc(N)cc(CO)c3)c3ccccc3nc12. The summed E-state index contributed by atoms with van der Waals surface area (Å²) in [5.41, 5.74) is 12.1. The van der Waals surface area contributed by atoms with Crippen LogP contribution in [0.1, 0.15) is 5.56 Å². The van der Waals surface area contributed by atoms with Crippen molar-refractivity contribution in [1.82, 2.24) is 4.98 Å². The zero-order valence-corrected chi connectivity index (χ0v) is 15.4. The summed E-state index contributed by atoms with van der Waals surface area (Å²) in [4.78, 5) is 6.97. The van der Waals surface area contributed by atoms with Crippen LogP contribution in [0.4, 0.5) is 22.7 Å². The molecule has 5 heteroatoms. The molecule has 0 aliphatic carbocycles. The van der Waals surface area contributed by atoms with Gasteiger partial charge in [0.15, 0.2) is 0 Å². The van der Waals surface area contributed by atoms with Crippen molar-refractivity contribution in [2.45, 2.75) is 6.61 Å². The molecule has 5 nitrogen and oxygen atoms in total. The third-order valence-corrected chi connectivity index (χ3v) is 4.64. The summed E-state index contributed by atoms with van der Waals surface area (Å²) in [5.74, 6) is 0. The molecule has 0 aliphatic rings. The van der Waals surface area contributed by atoms with Crippen molar-refractivity contribution in [2.75, 3.05) is 30.0 Å². The summed E-state index contributed by atoms with van der Waals surface area (Å²) in [6.07, 6.45) is 0. The first-order chi connectivity index (χ1) is 13.1. The lowest BCUT2D eigenvalue weighted by Gasteiger charge is -2.19. The molecule has 27 heavy (non-hydrogen) atoms. The number of aliphatic hydroxyl groups is 1. The topological polar surface area (TPSA) is 74.4 Å². The van der Waals surface area contributed by atoms with Crippen molar-refractivity contribution in [2.24, 2.45) is 0 Å². The van der Waals surface area contributed by atoms with Crippen LogP contribution in [0.3, 0.4) is 0 Å². The summed E-state index contributed by atoms with van der Waals surface area (Å²) >= 11 is 0. The lowest BCUT2D eigenvalue weighted by atomic mass is 10.1. The Kier molecular flexibility index (Phi) is 4.30. The van der Waals surface area contributed by atoms with Crippen LogP contribution in [-0.4, -0.2) is 24.2 Å². The van der Waals surface area contributed by atoms with E-state index in [4.69, 9.17) is 10.7 Å². The molecule has 0 saturated carbocycles.